The van der Waals surface area contributed by atoms with Crippen LogP contribution in [0.4, 0.5) is 0 Å². The average molecular weight is 214 g/mol. The molecule has 15 heavy (non-hydrogen) atoms. The quantitative estimate of drug-likeness (QED) is 0.606. The molecule has 0 aliphatic carbocycles. The van der Waals surface area contributed by atoms with E-state index in [0.717, 1.165) is 32.7 Å². The first-order chi connectivity index (χ1) is 7.22. The summed E-state index contributed by atoms with van der Waals surface area (Å²) in [6, 6.07) is 0.538. The lowest BCUT2D eigenvalue weighted by molar-refractivity contribution is -0.173. The third kappa shape index (κ3) is 2.14. The standard InChI is InChI=1S/C10H18N2O3/c1-11(14-2)10(13)8-3-4-12(5-8)9-6-15-7-9/h8-9H,3-7H2,1-2H3. The highest BCUT2D eigenvalue weighted by molar-refractivity contribution is 5.78. The Kier molecular flexibility index (Phi) is 3.23. The Labute approximate surface area is 89.9 Å². The van der Waals surface area contributed by atoms with E-state index < -0.39 is 0 Å². The van der Waals surface area contributed by atoms with Gasteiger partial charge in [0, 0.05) is 13.6 Å². The summed E-state index contributed by atoms with van der Waals surface area (Å²) in [6.45, 7) is 3.49. The average Bonchev–Trinajstić information content (AvgIpc) is 2.62. The van der Waals surface area contributed by atoms with Crippen molar-refractivity contribution in [2.45, 2.75) is 12.5 Å². The zero-order valence-corrected chi connectivity index (χ0v) is 9.31. The largest absolute Gasteiger partial charge is 0.378 e. The lowest BCUT2D eigenvalue weighted by Crippen LogP contribution is -2.48. The Balaban J connectivity index is 1.83. The zero-order valence-electron chi connectivity index (χ0n) is 9.31. The van der Waals surface area contributed by atoms with Crippen LogP contribution < -0.4 is 0 Å². The Morgan fingerprint density at radius 2 is 2.27 bits per heavy atom. The molecule has 2 rings (SSSR count). The number of rotatable bonds is 3. The number of hydrogen-bond donors (Lipinski definition) is 0. The SMILES string of the molecule is CON(C)C(=O)C1CCN(C2COC2)C1. The first kappa shape index (κ1) is 10.9. The van der Waals surface area contributed by atoms with E-state index in [0.29, 0.717) is 6.04 Å². The second-order valence-electron chi connectivity index (χ2n) is 4.19. The molecule has 2 fully saturated rings. The second kappa shape index (κ2) is 4.47. The predicted molar refractivity (Wildman–Crippen MR) is 54.1 cm³/mol. The Bertz CT molecular complexity index is 243. The number of hydroxylamine groups is 2. The second-order valence-corrected chi connectivity index (χ2v) is 4.19. The van der Waals surface area contributed by atoms with Gasteiger partial charge in [0.15, 0.2) is 0 Å². The molecular formula is C10H18N2O3. The molecule has 1 amide bonds. The summed E-state index contributed by atoms with van der Waals surface area (Å²) < 4.78 is 5.15. The lowest BCUT2D eigenvalue weighted by atomic mass is 10.1. The van der Waals surface area contributed by atoms with Gasteiger partial charge in [0.2, 0.25) is 5.91 Å². The van der Waals surface area contributed by atoms with Gasteiger partial charge in [0.25, 0.3) is 0 Å². The van der Waals surface area contributed by atoms with Crippen molar-refractivity contribution in [2.75, 3.05) is 40.5 Å². The monoisotopic (exact) mass is 214 g/mol. The van der Waals surface area contributed by atoms with E-state index in [4.69, 9.17) is 9.57 Å². The third-order valence-electron chi connectivity index (χ3n) is 3.29. The summed E-state index contributed by atoms with van der Waals surface area (Å²) in [5, 5.41) is 1.32. The topological polar surface area (TPSA) is 42.0 Å². The molecule has 1 unspecified atom stereocenters. The molecule has 86 valence electrons. The smallest absolute Gasteiger partial charge is 0.250 e. The van der Waals surface area contributed by atoms with Crippen LogP contribution >= 0.6 is 0 Å². The molecule has 0 spiro atoms. The van der Waals surface area contributed by atoms with Gasteiger partial charge in [-0.1, -0.05) is 0 Å². The predicted octanol–water partition coefficient (Wildman–Crippen LogP) is -0.273. The molecule has 2 saturated heterocycles. The zero-order chi connectivity index (χ0) is 10.8. The van der Waals surface area contributed by atoms with Crippen molar-refractivity contribution < 1.29 is 14.4 Å². The van der Waals surface area contributed by atoms with Gasteiger partial charge < -0.3 is 4.74 Å². The van der Waals surface area contributed by atoms with Crippen LogP contribution in [0, 0.1) is 5.92 Å². The molecule has 5 nitrogen and oxygen atoms in total. The fraction of sp³-hybridized carbons (Fsp3) is 0.900. The highest BCUT2D eigenvalue weighted by Gasteiger charge is 2.36. The van der Waals surface area contributed by atoms with Gasteiger partial charge in [0.05, 0.1) is 32.3 Å². The Hall–Kier alpha value is -0.650. The van der Waals surface area contributed by atoms with E-state index in [-0.39, 0.29) is 11.8 Å². The van der Waals surface area contributed by atoms with Crippen molar-refractivity contribution in [3.8, 4) is 0 Å². The lowest BCUT2D eigenvalue weighted by Gasteiger charge is -2.34. The van der Waals surface area contributed by atoms with E-state index >= 15 is 0 Å². The van der Waals surface area contributed by atoms with Crippen LogP contribution in [0.25, 0.3) is 0 Å². The van der Waals surface area contributed by atoms with Gasteiger partial charge in [-0.3, -0.25) is 14.5 Å². The van der Waals surface area contributed by atoms with Crippen molar-refractivity contribution >= 4 is 5.91 Å². The van der Waals surface area contributed by atoms with Crippen LogP contribution in [-0.4, -0.2) is 62.4 Å². The van der Waals surface area contributed by atoms with Crippen LogP contribution in [0.15, 0.2) is 0 Å². The number of carbonyl (C=O) groups excluding carboxylic acids is 1. The maximum Gasteiger partial charge on any atom is 0.250 e. The number of hydrogen-bond acceptors (Lipinski definition) is 4. The first-order valence-electron chi connectivity index (χ1n) is 5.36. The van der Waals surface area contributed by atoms with E-state index in [1.54, 1.807) is 7.05 Å². The summed E-state index contributed by atoms with van der Waals surface area (Å²) >= 11 is 0. The van der Waals surface area contributed by atoms with E-state index in [2.05, 4.69) is 4.90 Å². The fourth-order valence-corrected chi connectivity index (χ4v) is 2.10. The van der Waals surface area contributed by atoms with Gasteiger partial charge in [-0.25, -0.2) is 5.06 Å². The third-order valence-corrected chi connectivity index (χ3v) is 3.29. The highest BCUT2D eigenvalue weighted by Crippen LogP contribution is 2.23. The minimum absolute atomic E-state index is 0.0836. The normalized spacial score (nSPS) is 27.7. The van der Waals surface area contributed by atoms with E-state index in [9.17, 15) is 4.79 Å². The molecule has 0 bridgehead atoms. The van der Waals surface area contributed by atoms with Crippen molar-refractivity contribution in [1.29, 1.82) is 0 Å². The molecule has 2 aliphatic rings. The van der Waals surface area contributed by atoms with Crippen LogP contribution in [0.2, 0.25) is 0 Å². The molecule has 0 aromatic carbocycles. The van der Waals surface area contributed by atoms with Crippen LogP contribution in [0.5, 0.6) is 0 Å². The Morgan fingerprint density at radius 1 is 1.53 bits per heavy atom. The number of nitrogens with zero attached hydrogens (tertiary/aromatic N) is 2. The van der Waals surface area contributed by atoms with Gasteiger partial charge in [-0.2, -0.15) is 0 Å². The van der Waals surface area contributed by atoms with Crippen LogP contribution in [0.1, 0.15) is 6.42 Å². The van der Waals surface area contributed by atoms with Crippen molar-refractivity contribution in [1.82, 2.24) is 9.96 Å². The van der Waals surface area contributed by atoms with E-state index in [1.807, 2.05) is 0 Å². The summed E-state index contributed by atoms with van der Waals surface area (Å²) in [5.41, 5.74) is 0. The minimum Gasteiger partial charge on any atom is -0.378 e. The molecule has 0 radical (unpaired) electrons. The van der Waals surface area contributed by atoms with Crippen LogP contribution in [0.3, 0.4) is 0 Å². The van der Waals surface area contributed by atoms with Gasteiger partial charge in [-0.05, 0) is 13.0 Å². The van der Waals surface area contributed by atoms with Crippen molar-refractivity contribution in [3.05, 3.63) is 0 Å². The fourth-order valence-electron chi connectivity index (χ4n) is 2.10. The molecule has 0 saturated carbocycles. The summed E-state index contributed by atoms with van der Waals surface area (Å²) in [7, 11) is 3.18. The minimum atomic E-state index is 0.0836. The molecule has 0 aromatic rings. The Morgan fingerprint density at radius 3 is 2.80 bits per heavy atom. The molecular weight excluding hydrogens is 196 g/mol. The molecule has 2 aliphatic heterocycles. The van der Waals surface area contributed by atoms with Gasteiger partial charge in [-0.15, -0.1) is 0 Å². The van der Waals surface area contributed by atoms with Crippen molar-refractivity contribution in [3.63, 3.8) is 0 Å². The maximum atomic E-state index is 11.8. The van der Waals surface area contributed by atoms with Gasteiger partial charge >= 0.3 is 0 Å². The highest BCUT2D eigenvalue weighted by atomic mass is 16.7. The number of ether oxygens (including phenoxy) is 1. The molecule has 0 N–H and O–H groups in total. The number of likely N-dealkylation sites (tertiary alicyclic amines) is 1. The summed E-state index contributed by atoms with van der Waals surface area (Å²) in [5.74, 6) is 0.177. The van der Waals surface area contributed by atoms with E-state index in [1.165, 1.54) is 12.2 Å². The summed E-state index contributed by atoms with van der Waals surface area (Å²) in [6.07, 6.45) is 0.934. The summed E-state index contributed by atoms with van der Waals surface area (Å²) in [4.78, 5) is 19.0. The number of carbonyl (C=O) groups is 1. The first-order valence-corrected chi connectivity index (χ1v) is 5.36. The van der Waals surface area contributed by atoms with Crippen molar-refractivity contribution in [2.24, 2.45) is 5.92 Å². The maximum absolute atomic E-state index is 11.8. The van der Waals surface area contributed by atoms with Gasteiger partial charge in [0.1, 0.15) is 0 Å². The molecule has 2 heterocycles. The molecule has 1 atom stereocenters. The molecule has 0 aromatic heterocycles. The van der Waals surface area contributed by atoms with Crippen LogP contribution in [-0.2, 0) is 14.4 Å². The molecule has 5 heteroatoms. The number of amides is 1.